The Hall–Kier alpha value is -2.26. The first-order valence-electron chi connectivity index (χ1n) is 13.9. The Morgan fingerprint density at radius 2 is 1.98 bits per heavy atom. The third-order valence-corrected chi connectivity index (χ3v) is 11.4. The molecule has 0 amide bonds. The largest absolute Gasteiger partial charge is 0.426 e. The number of thiazole rings is 1. The van der Waals surface area contributed by atoms with Crippen LogP contribution in [0, 0.1) is 5.92 Å². The van der Waals surface area contributed by atoms with Gasteiger partial charge < -0.3 is 9.08 Å². The zero-order valence-electron chi connectivity index (χ0n) is 23.4. The van der Waals surface area contributed by atoms with Gasteiger partial charge in [-0.2, -0.15) is 4.57 Å². The van der Waals surface area contributed by atoms with E-state index in [1.165, 1.54) is 72.4 Å². The van der Waals surface area contributed by atoms with E-state index in [2.05, 4.69) is 78.0 Å². The van der Waals surface area contributed by atoms with Crippen LogP contribution in [-0.2, 0) is 17.3 Å². The average molecular weight is 608 g/mol. The van der Waals surface area contributed by atoms with Crippen molar-refractivity contribution in [3.05, 3.63) is 81.4 Å². The molecule has 0 N–H and O–H groups in total. The molecular weight excluding hydrogens is 573 g/mol. The Balaban J connectivity index is 1.29. The highest BCUT2D eigenvalue weighted by molar-refractivity contribution is 8.03. The van der Waals surface area contributed by atoms with Gasteiger partial charge in [0.2, 0.25) is 5.52 Å². The highest BCUT2D eigenvalue weighted by Crippen LogP contribution is 2.48. The third kappa shape index (κ3) is 5.48. The Labute approximate surface area is 252 Å². The van der Waals surface area contributed by atoms with Crippen LogP contribution in [0.25, 0.3) is 16.3 Å². The zero-order valence-corrected chi connectivity index (χ0v) is 26.7. The minimum atomic E-state index is -0.975. The maximum Gasteiger partial charge on any atom is 0.263 e. The van der Waals surface area contributed by atoms with E-state index in [0.717, 1.165) is 36.6 Å². The molecule has 2 unspecified atom stereocenters. The van der Waals surface area contributed by atoms with E-state index in [-0.39, 0.29) is 0 Å². The summed E-state index contributed by atoms with van der Waals surface area (Å²) >= 11 is 5.07. The number of hydrogen-bond acceptors (Lipinski definition) is 6. The van der Waals surface area contributed by atoms with Crippen molar-refractivity contribution < 1.29 is 13.0 Å². The lowest BCUT2D eigenvalue weighted by Crippen LogP contribution is -2.33. The second-order valence-corrected chi connectivity index (χ2v) is 14.3. The van der Waals surface area contributed by atoms with Crippen LogP contribution in [0.3, 0.4) is 0 Å². The maximum atomic E-state index is 12.1. The van der Waals surface area contributed by atoms with E-state index in [4.69, 9.17) is 4.18 Å². The predicted octanol–water partition coefficient (Wildman–Crippen LogP) is 8.52. The normalized spacial score (nSPS) is 21.4. The van der Waals surface area contributed by atoms with E-state index in [1.807, 2.05) is 35.4 Å². The number of aryl methyl sites for hydroxylation is 1. The van der Waals surface area contributed by atoms with Crippen LogP contribution in [0.1, 0.15) is 44.5 Å². The molecule has 2 heterocycles. The number of allylic oxidation sites excluding steroid dienone is 6. The molecule has 0 fully saturated rings. The van der Waals surface area contributed by atoms with Gasteiger partial charge in [-0.05, 0) is 98.6 Å². The van der Waals surface area contributed by atoms with Crippen LogP contribution in [0.15, 0.2) is 86.2 Å². The predicted molar refractivity (Wildman–Crippen MR) is 174 cm³/mol. The quantitative estimate of drug-likeness (QED) is 0.199. The molecule has 1 aliphatic heterocycles. The van der Waals surface area contributed by atoms with Crippen molar-refractivity contribution >= 4 is 67.9 Å². The highest BCUT2D eigenvalue weighted by atomic mass is 32.2. The van der Waals surface area contributed by atoms with Gasteiger partial charge in [0.05, 0.1) is 28.8 Å². The number of fused-ring (bicyclic) bond motifs is 3. The van der Waals surface area contributed by atoms with Crippen molar-refractivity contribution in [2.75, 3.05) is 24.0 Å². The fourth-order valence-corrected chi connectivity index (χ4v) is 9.11. The Bertz CT molecular complexity index is 1610. The van der Waals surface area contributed by atoms with Crippen molar-refractivity contribution in [2.24, 2.45) is 5.92 Å². The minimum absolute atomic E-state index is 0.657. The number of hydrogen-bond donors (Lipinski definition) is 0. The van der Waals surface area contributed by atoms with Crippen LogP contribution < -0.4 is 13.7 Å². The van der Waals surface area contributed by atoms with Crippen molar-refractivity contribution in [1.29, 1.82) is 0 Å². The van der Waals surface area contributed by atoms with Crippen molar-refractivity contribution in [2.45, 2.75) is 55.9 Å². The standard InChI is InChI=1S/C32H35N2O2S4/c1-5-33-27-19-25(36-37-3)11-13-29(27)38-31(33)17-21-7-9-23-10-8-22(16-24(23)15-21)18-32-34(6-2)28-20-26(40(4)35)12-14-30(28)39-32/h11-20,23H,5-10H2,1-4H3/q+1. The maximum absolute atomic E-state index is 12.1. The molecule has 3 aromatic rings. The summed E-state index contributed by atoms with van der Waals surface area (Å²) in [6, 6.07) is 12.6. The van der Waals surface area contributed by atoms with Gasteiger partial charge in [0.1, 0.15) is 17.0 Å². The summed E-state index contributed by atoms with van der Waals surface area (Å²) in [4.78, 5) is 4.51. The second kappa shape index (κ2) is 11.9. The van der Waals surface area contributed by atoms with Crippen molar-refractivity contribution in [3.8, 4) is 5.75 Å². The van der Waals surface area contributed by atoms with Crippen LogP contribution >= 0.6 is 35.1 Å². The monoisotopic (exact) mass is 607 g/mol. The molecule has 3 aliphatic rings. The molecule has 0 bridgehead atoms. The molecule has 40 heavy (non-hydrogen) atoms. The number of anilines is 1. The van der Waals surface area contributed by atoms with E-state index < -0.39 is 10.8 Å². The van der Waals surface area contributed by atoms with Gasteiger partial charge in [0.15, 0.2) is 0 Å². The fraction of sp³-hybridized carbons (Fsp3) is 0.344. The molecule has 6 rings (SSSR count). The van der Waals surface area contributed by atoms with Crippen LogP contribution in [0.5, 0.6) is 5.75 Å². The van der Waals surface area contributed by atoms with E-state index in [1.54, 1.807) is 6.26 Å². The lowest BCUT2D eigenvalue weighted by molar-refractivity contribution is -0.665. The number of rotatable bonds is 7. The summed E-state index contributed by atoms with van der Waals surface area (Å²) < 4.78 is 21.5. The molecule has 0 saturated carbocycles. The molecule has 0 saturated heterocycles. The number of nitrogens with zero attached hydrogens (tertiary/aromatic N) is 2. The SMILES string of the molecule is CCN1/C(=C\C2=CC3=C/C(=C/c4sc5ccc(OSC)cc5[n+]4CC)CCC3CC2)Sc2ccc(S(C)=O)cc21. The fourth-order valence-electron chi connectivity index (χ4n) is 5.91. The van der Waals surface area contributed by atoms with Crippen LogP contribution in [0.2, 0.25) is 0 Å². The van der Waals surface area contributed by atoms with Crippen molar-refractivity contribution in [3.63, 3.8) is 0 Å². The number of benzene rings is 2. The summed E-state index contributed by atoms with van der Waals surface area (Å²) in [5.41, 5.74) is 6.73. The summed E-state index contributed by atoms with van der Waals surface area (Å²) in [7, 11) is -0.975. The van der Waals surface area contributed by atoms with E-state index in [0.29, 0.717) is 5.92 Å². The minimum Gasteiger partial charge on any atom is -0.426 e. The number of thioether (sulfide) groups is 1. The molecule has 208 valence electrons. The third-order valence-electron chi connectivity index (χ3n) is 7.90. The second-order valence-electron chi connectivity index (χ2n) is 10.3. The summed E-state index contributed by atoms with van der Waals surface area (Å²) in [5.74, 6) is 1.56. The molecule has 8 heteroatoms. The first-order valence-corrected chi connectivity index (χ1v) is 18.3. The molecule has 0 radical (unpaired) electrons. The van der Waals surface area contributed by atoms with Gasteiger partial charge in [-0.3, -0.25) is 4.21 Å². The Kier molecular flexibility index (Phi) is 8.31. The summed E-state index contributed by atoms with van der Waals surface area (Å²) in [6.45, 7) is 6.24. The Morgan fingerprint density at radius 1 is 1.12 bits per heavy atom. The van der Waals surface area contributed by atoms with Gasteiger partial charge in [-0.1, -0.05) is 35.3 Å². The first kappa shape index (κ1) is 27.9. The molecule has 0 spiro atoms. The lowest BCUT2D eigenvalue weighted by atomic mass is 9.77. The highest BCUT2D eigenvalue weighted by Gasteiger charge is 2.28. The van der Waals surface area contributed by atoms with E-state index >= 15 is 0 Å². The van der Waals surface area contributed by atoms with Crippen molar-refractivity contribution in [1.82, 2.24) is 0 Å². The topological polar surface area (TPSA) is 33.4 Å². The molecule has 2 aromatic carbocycles. The lowest BCUT2D eigenvalue weighted by Gasteiger charge is -2.28. The summed E-state index contributed by atoms with van der Waals surface area (Å²) in [5, 5.41) is 2.57. The van der Waals surface area contributed by atoms with Gasteiger partial charge in [0, 0.05) is 45.7 Å². The zero-order chi connectivity index (χ0) is 27.8. The van der Waals surface area contributed by atoms with Crippen LogP contribution in [0.4, 0.5) is 5.69 Å². The molecule has 2 aliphatic carbocycles. The van der Waals surface area contributed by atoms with E-state index in [9.17, 15) is 4.21 Å². The van der Waals surface area contributed by atoms with Gasteiger partial charge >= 0.3 is 0 Å². The van der Waals surface area contributed by atoms with Gasteiger partial charge in [-0.15, -0.1) is 0 Å². The molecule has 4 nitrogen and oxygen atoms in total. The van der Waals surface area contributed by atoms with Crippen LogP contribution in [-0.4, -0.2) is 23.3 Å². The van der Waals surface area contributed by atoms with Gasteiger partial charge in [-0.25, -0.2) is 0 Å². The molecule has 1 aromatic heterocycles. The summed E-state index contributed by atoms with van der Waals surface area (Å²) in [6.07, 6.45) is 18.1. The van der Waals surface area contributed by atoms with Gasteiger partial charge in [0.25, 0.3) is 5.01 Å². The molecule has 2 atom stereocenters. The molecular formula is C32H35N2O2S4+. The Morgan fingerprint density at radius 3 is 2.75 bits per heavy atom. The average Bonchev–Trinajstić information content (AvgIpc) is 3.48. The number of aromatic nitrogens is 1. The smallest absolute Gasteiger partial charge is 0.263 e. The first-order chi connectivity index (χ1) is 19.5.